The molecule has 1 aromatic carbocycles. The summed E-state index contributed by atoms with van der Waals surface area (Å²) in [5.74, 6) is 1.20. The first-order valence-electron chi connectivity index (χ1n) is 9.56. The van der Waals surface area contributed by atoms with Crippen molar-refractivity contribution in [2.75, 3.05) is 33.6 Å². The van der Waals surface area contributed by atoms with Crippen molar-refractivity contribution in [3.05, 3.63) is 29.8 Å². The minimum atomic E-state index is -0.262. The average molecular weight is 376 g/mol. The van der Waals surface area contributed by atoms with Gasteiger partial charge in [-0.15, -0.1) is 0 Å². The monoisotopic (exact) mass is 376 g/mol. The van der Waals surface area contributed by atoms with Crippen LogP contribution in [0.5, 0.6) is 5.75 Å². The predicted octanol–water partition coefficient (Wildman–Crippen LogP) is 2.51. The number of ether oxygens (including phenoxy) is 3. The Morgan fingerprint density at radius 2 is 1.89 bits per heavy atom. The third-order valence-corrected chi connectivity index (χ3v) is 5.15. The van der Waals surface area contributed by atoms with E-state index in [-0.39, 0.29) is 36.7 Å². The minimum absolute atomic E-state index is 0.0406. The van der Waals surface area contributed by atoms with Gasteiger partial charge in [0.05, 0.1) is 6.61 Å². The highest BCUT2D eigenvalue weighted by atomic mass is 16.7. The number of rotatable bonds is 7. The van der Waals surface area contributed by atoms with E-state index in [1.807, 2.05) is 24.3 Å². The fraction of sp³-hybridized carbons (Fsp3) is 0.600. The zero-order chi connectivity index (χ0) is 19.2. The lowest BCUT2D eigenvalue weighted by Gasteiger charge is -2.31. The highest BCUT2D eigenvalue weighted by Crippen LogP contribution is 2.47. The smallest absolute Gasteiger partial charge is 0.409 e. The quantitative estimate of drug-likeness (QED) is 0.740. The minimum Gasteiger partial charge on any atom is -0.468 e. The van der Waals surface area contributed by atoms with E-state index in [1.165, 1.54) is 0 Å². The molecule has 1 saturated heterocycles. The lowest BCUT2D eigenvalue weighted by Crippen LogP contribution is -2.47. The van der Waals surface area contributed by atoms with E-state index in [0.29, 0.717) is 19.7 Å². The van der Waals surface area contributed by atoms with Crippen molar-refractivity contribution in [1.82, 2.24) is 10.2 Å². The van der Waals surface area contributed by atoms with Gasteiger partial charge in [-0.2, -0.15) is 0 Å². The summed E-state index contributed by atoms with van der Waals surface area (Å²) in [7, 11) is 1.59. The third-order valence-electron chi connectivity index (χ3n) is 5.15. The van der Waals surface area contributed by atoms with Crippen molar-refractivity contribution < 1.29 is 23.8 Å². The molecular weight excluding hydrogens is 348 g/mol. The van der Waals surface area contributed by atoms with Gasteiger partial charge in [0.15, 0.2) is 6.79 Å². The Morgan fingerprint density at radius 3 is 2.52 bits per heavy atom. The lowest BCUT2D eigenvalue weighted by atomic mass is 10.0. The number of nitrogens with one attached hydrogen (secondary N) is 1. The standard InChI is InChI=1S/C20H28N2O5/c1-3-26-20(24)22-10-8-15(9-11-22)21-19(23)18-12-17(18)14-4-6-16(7-5-14)27-13-25-2/h4-7,15,17-18H,3,8-13H2,1-2H3,(H,21,23). The maximum Gasteiger partial charge on any atom is 0.409 e. The molecule has 1 N–H and O–H groups in total. The van der Waals surface area contributed by atoms with E-state index in [4.69, 9.17) is 14.2 Å². The molecule has 1 aliphatic carbocycles. The summed E-state index contributed by atoms with van der Waals surface area (Å²) in [6.45, 7) is 3.67. The van der Waals surface area contributed by atoms with E-state index in [0.717, 1.165) is 30.6 Å². The van der Waals surface area contributed by atoms with Crippen molar-refractivity contribution in [3.63, 3.8) is 0 Å². The van der Waals surface area contributed by atoms with Crippen molar-refractivity contribution in [1.29, 1.82) is 0 Å². The zero-order valence-electron chi connectivity index (χ0n) is 16.0. The van der Waals surface area contributed by atoms with Crippen LogP contribution in [0.25, 0.3) is 0 Å². The van der Waals surface area contributed by atoms with Gasteiger partial charge < -0.3 is 24.4 Å². The van der Waals surface area contributed by atoms with Gasteiger partial charge in [-0.25, -0.2) is 4.79 Å². The first-order valence-corrected chi connectivity index (χ1v) is 9.56. The molecule has 0 spiro atoms. The van der Waals surface area contributed by atoms with Crippen molar-refractivity contribution >= 4 is 12.0 Å². The average Bonchev–Trinajstić information content (AvgIpc) is 3.48. The lowest BCUT2D eigenvalue weighted by molar-refractivity contribution is -0.123. The van der Waals surface area contributed by atoms with Crippen LogP contribution in [-0.2, 0) is 14.3 Å². The molecule has 1 aromatic rings. The Hall–Kier alpha value is -2.28. The summed E-state index contributed by atoms with van der Waals surface area (Å²) < 4.78 is 15.3. The molecule has 2 aliphatic rings. The van der Waals surface area contributed by atoms with Crippen LogP contribution >= 0.6 is 0 Å². The highest BCUT2D eigenvalue weighted by molar-refractivity contribution is 5.83. The molecule has 0 radical (unpaired) electrons. The van der Waals surface area contributed by atoms with Crippen LogP contribution in [0.1, 0.15) is 37.7 Å². The Balaban J connectivity index is 1.42. The molecule has 1 aliphatic heterocycles. The largest absolute Gasteiger partial charge is 0.468 e. The maximum atomic E-state index is 12.5. The summed E-state index contributed by atoms with van der Waals surface area (Å²) in [6, 6.07) is 7.98. The SMILES string of the molecule is CCOC(=O)N1CCC(NC(=O)C2CC2c2ccc(OCOC)cc2)CC1. The van der Waals surface area contributed by atoms with Crippen LogP contribution < -0.4 is 10.1 Å². The molecule has 0 bridgehead atoms. The second kappa shape index (κ2) is 9.08. The number of nitrogens with zero attached hydrogens (tertiary/aromatic N) is 1. The third kappa shape index (κ3) is 5.13. The summed E-state index contributed by atoms with van der Waals surface area (Å²) in [5.41, 5.74) is 1.16. The summed E-state index contributed by atoms with van der Waals surface area (Å²) in [4.78, 5) is 26.0. The number of hydrogen-bond donors (Lipinski definition) is 1. The van der Waals surface area contributed by atoms with Gasteiger partial charge in [-0.05, 0) is 49.8 Å². The first-order chi connectivity index (χ1) is 13.1. The Labute approximate surface area is 160 Å². The van der Waals surface area contributed by atoms with Gasteiger partial charge in [0.2, 0.25) is 5.91 Å². The maximum absolute atomic E-state index is 12.5. The van der Waals surface area contributed by atoms with Crippen LogP contribution in [0, 0.1) is 5.92 Å². The molecule has 1 heterocycles. The zero-order valence-corrected chi connectivity index (χ0v) is 16.0. The number of benzene rings is 1. The molecule has 27 heavy (non-hydrogen) atoms. The molecule has 2 amide bonds. The summed E-state index contributed by atoms with van der Waals surface area (Å²) in [6.07, 6.45) is 2.16. The molecule has 7 nitrogen and oxygen atoms in total. The second-order valence-corrected chi connectivity index (χ2v) is 7.04. The van der Waals surface area contributed by atoms with Gasteiger partial charge in [0.25, 0.3) is 0 Å². The van der Waals surface area contributed by atoms with Gasteiger partial charge in [0.1, 0.15) is 5.75 Å². The molecule has 7 heteroatoms. The normalized spacial score (nSPS) is 22.2. The predicted molar refractivity (Wildman–Crippen MR) is 99.6 cm³/mol. The highest BCUT2D eigenvalue weighted by Gasteiger charge is 2.44. The fourth-order valence-corrected chi connectivity index (χ4v) is 3.52. The molecule has 1 saturated carbocycles. The fourth-order valence-electron chi connectivity index (χ4n) is 3.52. The molecule has 3 rings (SSSR count). The van der Waals surface area contributed by atoms with Crippen LogP contribution in [0.15, 0.2) is 24.3 Å². The number of methoxy groups -OCH3 is 1. The van der Waals surface area contributed by atoms with E-state index in [2.05, 4.69) is 5.32 Å². The van der Waals surface area contributed by atoms with Gasteiger partial charge >= 0.3 is 6.09 Å². The van der Waals surface area contributed by atoms with Crippen molar-refractivity contribution in [2.24, 2.45) is 5.92 Å². The molecular formula is C20H28N2O5. The van der Waals surface area contributed by atoms with Gasteiger partial charge in [-0.1, -0.05) is 12.1 Å². The Morgan fingerprint density at radius 1 is 1.19 bits per heavy atom. The van der Waals surface area contributed by atoms with Crippen LogP contribution in [0.2, 0.25) is 0 Å². The number of likely N-dealkylation sites (tertiary alicyclic amines) is 1. The van der Waals surface area contributed by atoms with E-state index < -0.39 is 0 Å². The second-order valence-electron chi connectivity index (χ2n) is 7.04. The molecule has 0 aromatic heterocycles. The van der Waals surface area contributed by atoms with E-state index >= 15 is 0 Å². The molecule has 148 valence electrons. The summed E-state index contributed by atoms with van der Waals surface area (Å²) in [5, 5.41) is 3.15. The summed E-state index contributed by atoms with van der Waals surface area (Å²) >= 11 is 0. The van der Waals surface area contributed by atoms with Crippen molar-refractivity contribution in [3.8, 4) is 5.75 Å². The van der Waals surface area contributed by atoms with E-state index in [1.54, 1.807) is 18.9 Å². The number of carbonyl (C=O) groups is 2. The number of hydrogen-bond acceptors (Lipinski definition) is 5. The molecule has 2 fully saturated rings. The van der Waals surface area contributed by atoms with Crippen molar-refractivity contribution in [2.45, 2.75) is 38.1 Å². The Kier molecular flexibility index (Phi) is 6.55. The van der Waals surface area contributed by atoms with Crippen LogP contribution in [-0.4, -0.2) is 56.5 Å². The number of amides is 2. The van der Waals surface area contributed by atoms with Gasteiger partial charge in [0, 0.05) is 32.2 Å². The Bertz CT molecular complexity index is 640. The first kappa shape index (κ1) is 19.5. The van der Waals surface area contributed by atoms with E-state index in [9.17, 15) is 9.59 Å². The van der Waals surface area contributed by atoms with Crippen LogP contribution in [0.3, 0.4) is 0 Å². The molecule has 2 unspecified atom stereocenters. The van der Waals surface area contributed by atoms with Crippen LogP contribution in [0.4, 0.5) is 4.79 Å². The topological polar surface area (TPSA) is 77.1 Å². The number of carbonyl (C=O) groups excluding carboxylic acids is 2. The molecule has 2 atom stereocenters. The van der Waals surface area contributed by atoms with Gasteiger partial charge in [-0.3, -0.25) is 4.79 Å². The number of piperidine rings is 1.